The number of benzene rings is 1. The van der Waals surface area contributed by atoms with E-state index in [2.05, 4.69) is 26.9 Å². The third-order valence-electron chi connectivity index (χ3n) is 3.95. The predicted octanol–water partition coefficient (Wildman–Crippen LogP) is 2.45. The van der Waals surface area contributed by atoms with E-state index in [1.54, 1.807) is 7.11 Å². The largest absolute Gasteiger partial charge is 0.382 e. The summed E-state index contributed by atoms with van der Waals surface area (Å²) in [6.07, 6.45) is 0.870. The Hall–Kier alpha value is -0.770. The molecule has 1 aromatic rings. The van der Waals surface area contributed by atoms with Gasteiger partial charge in [-0.3, -0.25) is 4.99 Å². The minimum atomic E-state index is 0. The molecule has 25 heavy (non-hydrogen) atoms. The van der Waals surface area contributed by atoms with E-state index in [1.165, 1.54) is 5.69 Å². The molecule has 0 aliphatic carbocycles. The first-order chi connectivity index (χ1) is 11.7. The second kappa shape index (κ2) is 12.6. The second-order valence-corrected chi connectivity index (χ2v) is 6.09. The highest BCUT2D eigenvalue weighted by molar-refractivity contribution is 14.0. The maximum absolute atomic E-state index is 6.09. The molecule has 6 nitrogen and oxygen atoms in total. The minimum absolute atomic E-state index is 0. The van der Waals surface area contributed by atoms with Crippen LogP contribution in [0.4, 0.5) is 5.69 Å². The molecule has 1 heterocycles. The van der Waals surface area contributed by atoms with Crippen molar-refractivity contribution in [2.24, 2.45) is 10.7 Å². The number of aliphatic imine (C=N–C) groups is 1. The monoisotopic (exact) mass is 482 g/mol. The number of anilines is 1. The van der Waals surface area contributed by atoms with E-state index in [1.807, 2.05) is 12.1 Å². The first-order valence-electron chi connectivity index (χ1n) is 8.33. The van der Waals surface area contributed by atoms with Crippen molar-refractivity contribution in [2.75, 3.05) is 64.6 Å². The highest BCUT2D eigenvalue weighted by atomic mass is 127. The van der Waals surface area contributed by atoms with Crippen LogP contribution in [0.2, 0.25) is 5.02 Å². The van der Waals surface area contributed by atoms with Gasteiger partial charge in [-0.1, -0.05) is 11.6 Å². The Morgan fingerprint density at radius 3 is 2.44 bits per heavy atom. The quantitative estimate of drug-likeness (QED) is 0.267. The topological polar surface area (TPSA) is 63.3 Å². The van der Waals surface area contributed by atoms with Crippen molar-refractivity contribution in [1.82, 2.24) is 4.90 Å². The molecule has 2 N–H and O–H groups in total. The van der Waals surface area contributed by atoms with Gasteiger partial charge in [-0.25, -0.2) is 0 Å². The predicted molar refractivity (Wildman–Crippen MR) is 114 cm³/mol. The van der Waals surface area contributed by atoms with Gasteiger partial charge in [0.05, 0.1) is 13.2 Å². The van der Waals surface area contributed by atoms with Crippen molar-refractivity contribution >= 4 is 47.2 Å². The average Bonchev–Trinajstić information content (AvgIpc) is 2.61. The Morgan fingerprint density at radius 1 is 1.12 bits per heavy atom. The van der Waals surface area contributed by atoms with Crippen LogP contribution < -0.4 is 10.6 Å². The number of ether oxygens (including phenoxy) is 2. The molecule has 0 spiro atoms. The minimum Gasteiger partial charge on any atom is -0.382 e. The lowest BCUT2D eigenvalue weighted by Crippen LogP contribution is -2.51. The van der Waals surface area contributed by atoms with Gasteiger partial charge < -0.3 is 25.0 Å². The summed E-state index contributed by atoms with van der Waals surface area (Å²) in [4.78, 5) is 8.92. The first kappa shape index (κ1) is 22.3. The normalized spacial score (nSPS) is 15.2. The number of hydrogen-bond acceptors (Lipinski definition) is 4. The summed E-state index contributed by atoms with van der Waals surface area (Å²) in [5.74, 6) is 0.627. The molecule has 0 atom stereocenters. The molecule has 0 radical (unpaired) electrons. The molecule has 1 aromatic carbocycles. The Kier molecular flexibility index (Phi) is 11.2. The molecular formula is C17H28ClIN4O2. The zero-order chi connectivity index (χ0) is 17.2. The van der Waals surface area contributed by atoms with E-state index in [0.717, 1.165) is 37.6 Å². The van der Waals surface area contributed by atoms with E-state index in [0.29, 0.717) is 32.3 Å². The molecular weight excluding hydrogens is 455 g/mol. The molecule has 1 aliphatic rings. The summed E-state index contributed by atoms with van der Waals surface area (Å²) < 4.78 is 10.3. The van der Waals surface area contributed by atoms with E-state index < -0.39 is 0 Å². The van der Waals surface area contributed by atoms with Crippen LogP contribution in [0.25, 0.3) is 0 Å². The lowest BCUT2D eigenvalue weighted by molar-refractivity contribution is 0.0702. The average molecular weight is 483 g/mol. The van der Waals surface area contributed by atoms with Crippen LogP contribution in [-0.2, 0) is 9.47 Å². The zero-order valence-corrected chi connectivity index (χ0v) is 17.8. The second-order valence-electron chi connectivity index (χ2n) is 5.65. The van der Waals surface area contributed by atoms with Gasteiger partial charge in [-0.15, -0.1) is 24.0 Å². The van der Waals surface area contributed by atoms with Crippen LogP contribution in [-0.4, -0.2) is 70.5 Å². The van der Waals surface area contributed by atoms with Crippen LogP contribution in [0.3, 0.4) is 0 Å². The third-order valence-corrected chi connectivity index (χ3v) is 4.20. The number of hydrogen-bond donors (Lipinski definition) is 1. The van der Waals surface area contributed by atoms with Crippen molar-refractivity contribution in [1.29, 1.82) is 0 Å². The SMILES string of the molecule is COCCOCCCN=C(N)N1CCN(c2ccc(Cl)cc2)CC1.I. The van der Waals surface area contributed by atoms with E-state index in [-0.39, 0.29) is 24.0 Å². The standard InChI is InChI=1S/C17H27ClN4O2.HI/c1-23-13-14-24-12-2-7-20-17(19)22-10-8-21(9-11-22)16-5-3-15(18)4-6-16;/h3-6H,2,7-14H2,1H3,(H2,19,20);1H. The molecule has 0 unspecified atom stereocenters. The van der Waals surface area contributed by atoms with Crippen LogP contribution in [0.1, 0.15) is 6.42 Å². The van der Waals surface area contributed by atoms with Crippen LogP contribution in [0.15, 0.2) is 29.3 Å². The number of nitrogens with two attached hydrogens (primary N) is 1. The lowest BCUT2D eigenvalue weighted by atomic mass is 10.2. The van der Waals surface area contributed by atoms with E-state index in [4.69, 9.17) is 26.8 Å². The van der Waals surface area contributed by atoms with Gasteiger partial charge in [0.1, 0.15) is 0 Å². The fourth-order valence-corrected chi connectivity index (χ4v) is 2.68. The molecule has 0 amide bonds. The van der Waals surface area contributed by atoms with Gasteiger partial charge in [0.15, 0.2) is 5.96 Å². The Balaban J connectivity index is 0.00000312. The van der Waals surface area contributed by atoms with E-state index in [9.17, 15) is 0 Å². The number of nitrogens with zero attached hydrogens (tertiary/aromatic N) is 3. The highest BCUT2D eigenvalue weighted by Gasteiger charge is 2.18. The van der Waals surface area contributed by atoms with Gasteiger partial charge in [0, 0.05) is 57.2 Å². The van der Waals surface area contributed by atoms with Gasteiger partial charge in [-0.05, 0) is 30.7 Å². The first-order valence-corrected chi connectivity index (χ1v) is 8.70. The fourth-order valence-electron chi connectivity index (χ4n) is 2.55. The Morgan fingerprint density at radius 2 is 1.80 bits per heavy atom. The molecule has 0 bridgehead atoms. The number of halogens is 2. The molecule has 1 aliphatic heterocycles. The number of piperazine rings is 1. The summed E-state index contributed by atoms with van der Waals surface area (Å²) in [5, 5.41) is 0.764. The van der Waals surface area contributed by atoms with Gasteiger partial charge in [-0.2, -0.15) is 0 Å². The summed E-state index contributed by atoms with van der Waals surface area (Å²) in [7, 11) is 1.67. The Bertz CT molecular complexity index is 508. The smallest absolute Gasteiger partial charge is 0.191 e. The molecule has 142 valence electrons. The molecule has 2 rings (SSSR count). The summed E-state index contributed by atoms with van der Waals surface area (Å²) in [5.41, 5.74) is 7.29. The maximum Gasteiger partial charge on any atom is 0.191 e. The number of guanidine groups is 1. The Labute approximate surface area is 172 Å². The number of rotatable bonds is 8. The molecule has 1 fully saturated rings. The molecule has 0 aromatic heterocycles. The summed E-state index contributed by atoms with van der Waals surface area (Å²) in [6.45, 7) is 6.24. The summed E-state index contributed by atoms with van der Waals surface area (Å²) in [6, 6.07) is 7.96. The van der Waals surface area contributed by atoms with Crippen molar-refractivity contribution in [3.63, 3.8) is 0 Å². The zero-order valence-electron chi connectivity index (χ0n) is 14.7. The lowest BCUT2D eigenvalue weighted by Gasteiger charge is -2.36. The number of methoxy groups -OCH3 is 1. The van der Waals surface area contributed by atoms with Crippen molar-refractivity contribution in [2.45, 2.75) is 6.42 Å². The van der Waals surface area contributed by atoms with Gasteiger partial charge in [0.25, 0.3) is 0 Å². The highest BCUT2D eigenvalue weighted by Crippen LogP contribution is 2.19. The fraction of sp³-hybridized carbons (Fsp3) is 0.588. The third kappa shape index (κ3) is 7.98. The van der Waals surface area contributed by atoms with Crippen molar-refractivity contribution in [3.8, 4) is 0 Å². The van der Waals surface area contributed by atoms with E-state index >= 15 is 0 Å². The van der Waals surface area contributed by atoms with Crippen LogP contribution in [0, 0.1) is 0 Å². The van der Waals surface area contributed by atoms with Gasteiger partial charge in [0.2, 0.25) is 0 Å². The van der Waals surface area contributed by atoms with Gasteiger partial charge >= 0.3 is 0 Å². The molecule has 8 heteroatoms. The van der Waals surface area contributed by atoms with Crippen molar-refractivity contribution in [3.05, 3.63) is 29.3 Å². The molecule has 0 saturated carbocycles. The molecule has 1 saturated heterocycles. The summed E-state index contributed by atoms with van der Waals surface area (Å²) >= 11 is 5.94. The van der Waals surface area contributed by atoms with Crippen LogP contribution in [0.5, 0.6) is 0 Å². The maximum atomic E-state index is 6.09. The van der Waals surface area contributed by atoms with Crippen molar-refractivity contribution < 1.29 is 9.47 Å². The van der Waals surface area contributed by atoms with Crippen LogP contribution >= 0.6 is 35.6 Å².